The molecule has 0 fully saturated rings. The highest BCUT2D eigenvalue weighted by Gasteiger charge is 2.26. The van der Waals surface area contributed by atoms with Crippen LogP contribution in [0, 0.1) is 0 Å². The zero-order valence-corrected chi connectivity index (χ0v) is 20.0. The Hall–Kier alpha value is -3.95. The smallest absolute Gasteiger partial charge is 0.174 e. The van der Waals surface area contributed by atoms with Crippen molar-refractivity contribution in [2.24, 2.45) is 5.73 Å². The molecule has 0 aliphatic rings. The molecule has 0 heterocycles. The van der Waals surface area contributed by atoms with Crippen molar-refractivity contribution in [2.75, 3.05) is 0 Å². The number of allylic oxidation sites excluding steroid dienone is 1. The fourth-order valence-corrected chi connectivity index (χ4v) is 4.32. The van der Waals surface area contributed by atoms with Crippen LogP contribution >= 0.6 is 0 Å². The monoisotopic (exact) mass is 460 g/mol. The van der Waals surface area contributed by atoms with Gasteiger partial charge in [-0.15, -0.1) is 0 Å². The van der Waals surface area contributed by atoms with Gasteiger partial charge < -0.3 is 5.73 Å². The van der Waals surface area contributed by atoms with E-state index in [1.807, 2.05) is 84.9 Å². The maximum Gasteiger partial charge on any atom is 0.174 e. The first-order chi connectivity index (χ1) is 17.2. The molecule has 3 nitrogen and oxygen atoms in total. The lowest BCUT2D eigenvalue weighted by Gasteiger charge is -2.31. The Morgan fingerprint density at radius 3 is 1.49 bits per heavy atom. The average Bonchev–Trinajstić information content (AvgIpc) is 2.89. The van der Waals surface area contributed by atoms with E-state index in [1.165, 1.54) is 11.1 Å². The van der Waals surface area contributed by atoms with Crippen LogP contribution in [0.25, 0.3) is 0 Å². The Kier molecular flexibility index (Phi) is 8.63. The third kappa shape index (κ3) is 7.53. The second-order valence-electron chi connectivity index (χ2n) is 8.87. The van der Waals surface area contributed by atoms with Crippen molar-refractivity contribution in [2.45, 2.75) is 32.0 Å². The van der Waals surface area contributed by atoms with Crippen LogP contribution in [0.4, 0.5) is 0 Å². The van der Waals surface area contributed by atoms with Gasteiger partial charge in [0.2, 0.25) is 0 Å². The van der Waals surface area contributed by atoms with E-state index < -0.39 is 0 Å². The SMILES string of the molecule is N/C(=C\C(=O)[C@@H](Cc1ccccc1)N(Cc1ccccc1)Cc1ccccc1)Cc1ccccc1. The molecule has 0 aromatic heterocycles. The zero-order valence-electron chi connectivity index (χ0n) is 20.0. The van der Waals surface area contributed by atoms with Gasteiger partial charge in [0.25, 0.3) is 0 Å². The molecule has 0 saturated carbocycles. The Morgan fingerprint density at radius 1 is 0.629 bits per heavy atom. The van der Waals surface area contributed by atoms with Crippen molar-refractivity contribution in [3.05, 3.63) is 155 Å². The standard InChI is InChI=1S/C32H32N2O/c33-30(21-26-13-5-1-6-14-26)23-32(35)31(22-27-15-7-2-8-16-27)34(24-28-17-9-3-10-18-28)25-29-19-11-4-12-20-29/h1-20,23,31H,21-22,24-25,33H2/b30-23-/t31-/m1/s1. The predicted molar refractivity (Wildman–Crippen MR) is 143 cm³/mol. The van der Waals surface area contributed by atoms with Crippen molar-refractivity contribution in [1.82, 2.24) is 4.90 Å². The number of hydrogen-bond donors (Lipinski definition) is 1. The minimum atomic E-state index is -0.341. The van der Waals surface area contributed by atoms with Crippen LogP contribution in [-0.2, 0) is 30.7 Å². The fraction of sp³-hybridized carbons (Fsp3) is 0.156. The average molecular weight is 461 g/mol. The minimum Gasteiger partial charge on any atom is -0.402 e. The third-order valence-corrected chi connectivity index (χ3v) is 6.08. The summed E-state index contributed by atoms with van der Waals surface area (Å²) in [5, 5.41) is 0. The van der Waals surface area contributed by atoms with Crippen LogP contribution in [0.3, 0.4) is 0 Å². The summed E-state index contributed by atoms with van der Waals surface area (Å²) in [7, 11) is 0. The number of carbonyl (C=O) groups is 1. The Morgan fingerprint density at radius 2 is 1.03 bits per heavy atom. The van der Waals surface area contributed by atoms with Crippen molar-refractivity contribution < 1.29 is 4.79 Å². The quantitative estimate of drug-likeness (QED) is 0.281. The van der Waals surface area contributed by atoms with Crippen molar-refractivity contribution in [3.8, 4) is 0 Å². The van der Waals surface area contributed by atoms with Crippen LogP contribution in [0.15, 0.2) is 133 Å². The van der Waals surface area contributed by atoms with Gasteiger partial charge in [0, 0.05) is 31.3 Å². The number of nitrogens with zero attached hydrogens (tertiary/aromatic N) is 1. The zero-order chi connectivity index (χ0) is 24.3. The summed E-state index contributed by atoms with van der Waals surface area (Å²) in [5.41, 5.74) is 11.5. The fourth-order valence-electron chi connectivity index (χ4n) is 4.32. The van der Waals surface area contributed by atoms with E-state index in [0.717, 1.165) is 11.1 Å². The van der Waals surface area contributed by atoms with Crippen molar-refractivity contribution >= 4 is 5.78 Å². The topological polar surface area (TPSA) is 46.3 Å². The summed E-state index contributed by atoms with van der Waals surface area (Å²) in [4.78, 5) is 16.0. The molecule has 4 aromatic rings. The Balaban J connectivity index is 1.65. The first kappa shape index (κ1) is 24.2. The number of carbonyl (C=O) groups excluding carboxylic acids is 1. The largest absolute Gasteiger partial charge is 0.402 e. The molecule has 1 atom stereocenters. The molecule has 35 heavy (non-hydrogen) atoms. The number of ketones is 1. The van der Waals surface area contributed by atoms with E-state index in [0.29, 0.717) is 31.6 Å². The van der Waals surface area contributed by atoms with E-state index in [4.69, 9.17) is 5.73 Å². The summed E-state index contributed by atoms with van der Waals surface area (Å²) >= 11 is 0. The normalized spacial score (nSPS) is 12.4. The molecule has 3 heteroatoms. The second kappa shape index (κ2) is 12.5. The number of rotatable bonds is 11. The van der Waals surface area contributed by atoms with E-state index in [1.54, 1.807) is 6.08 Å². The van der Waals surface area contributed by atoms with E-state index in [9.17, 15) is 4.79 Å². The summed E-state index contributed by atoms with van der Waals surface area (Å²) in [6.45, 7) is 1.34. The molecule has 176 valence electrons. The van der Waals surface area contributed by atoms with Gasteiger partial charge in [-0.25, -0.2) is 0 Å². The molecule has 0 radical (unpaired) electrons. The molecule has 0 aliphatic carbocycles. The first-order valence-electron chi connectivity index (χ1n) is 12.1. The molecule has 0 unspecified atom stereocenters. The van der Waals surface area contributed by atoms with E-state index >= 15 is 0 Å². The number of hydrogen-bond acceptors (Lipinski definition) is 3. The molecule has 4 rings (SSSR count). The van der Waals surface area contributed by atoms with Gasteiger partial charge in [0.05, 0.1) is 6.04 Å². The lowest BCUT2D eigenvalue weighted by Crippen LogP contribution is -2.41. The lowest BCUT2D eigenvalue weighted by molar-refractivity contribution is -0.120. The molecular weight excluding hydrogens is 428 g/mol. The van der Waals surface area contributed by atoms with Crippen LogP contribution in [0.2, 0.25) is 0 Å². The van der Waals surface area contributed by atoms with Gasteiger partial charge in [-0.05, 0) is 28.7 Å². The van der Waals surface area contributed by atoms with Gasteiger partial charge >= 0.3 is 0 Å². The molecule has 4 aromatic carbocycles. The van der Waals surface area contributed by atoms with Crippen LogP contribution in [-0.4, -0.2) is 16.7 Å². The highest BCUT2D eigenvalue weighted by molar-refractivity contribution is 5.95. The van der Waals surface area contributed by atoms with Gasteiger partial charge in [-0.2, -0.15) is 0 Å². The molecule has 0 amide bonds. The summed E-state index contributed by atoms with van der Waals surface area (Å²) in [6.07, 6.45) is 2.82. The van der Waals surface area contributed by atoms with Gasteiger partial charge in [-0.1, -0.05) is 121 Å². The van der Waals surface area contributed by atoms with E-state index in [-0.39, 0.29) is 11.8 Å². The highest BCUT2D eigenvalue weighted by Crippen LogP contribution is 2.19. The van der Waals surface area contributed by atoms with Crippen molar-refractivity contribution in [3.63, 3.8) is 0 Å². The molecule has 0 bridgehead atoms. The van der Waals surface area contributed by atoms with Crippen LogP contribution in [0.1, 0.15) is 22.3 Å². The maximum absolute atomic E-state index is 13.8. The summed E-state index contributed by atoms with van der Waals surface area (Å²) in [6, 6.07) is 40.6. The third-order valence-electron chi connectivity index (χ3n) is 6.08. The first-order valence-corrected chi connectivity index (χ1v) is 12.1. The van der Waals surface area contributed by atoms with Gasteiger partial charge in [-0.3, -0.25) is 9.69 Å². The minimum absolute atomic E-state index is 0.0362. The molecular formula is C32H32N2O. The van der Waals surface area contributed by atoms with Gasteiger partial charge in [0.1, 0.15) is 0 Å². The highest BCUT2D eigenvalue weighted by atomic mass is 16.1. The Bertz CT molecular complexity index is 1160. The second-order valence-corrected chi connectivity index (χ2v) is 8.87. The number of nitrogens with two attached hydrogens (primary N) is 1. The summed E-state index contributed by atoms with van der Waals surface area (Å²) < 4.78 is 0. The predicted octanol–water partition coefficient (Wildman–Crippen LogP) is 5.95. The molecule has 0 spiro atoms. The molecule has 2 N–H and O–H groups in total. The Labute approximate surface area is 208 Å². The lowest BCUT2D eigenvalue weighted by atomic mass is 9.97. The van der Waals surface area contributed by atoms with Gasteiger partial charge in [0.15, 0.2) is 5.78 Å². The maximum atomic E-state index is 13.8. The van der Waals surface area contributed by atoms with E-state index in [2.05, 4.69) is 41.3 Å². The molecule has 0 aliphatic heterocycles. The number of benzene rings is 4. The van der Waals surface area contributed by atoms with Crippen LogP contribution in [0.5, 0.6) is 0 Å². The van der Waals surface area contributed by atoms with Crippen molar-refractivity contribution in [1.29, 1.82) is 0 Å². The summed E-state index contributed by atoms with van der Waals surface area (Å²) in [5.74, 6) is 0.0362. The van der Waals surface area contributed by atoms with Crippen LogP contribution < -0.4 is 5.73 Å². The molecule has 0 saturated heterocycles.